The standard InChI is InChI=1S/C12H11F2N3O2/c13-9-1-2-10(11(14)3-9)12(5-18-8-19-12)4-17-7-15-6-16-17/h1-3,6-7H,4-5,8H2. The van der Waals surface area contributed by atoms with E-state index in [4.69, 9.17) is 9.47 Å². The average molecular weight is 267 g/mol. The maximum absolute atomic E-state index is 14.0. The fourth-order valence-corrected chi connectivity index (χ4v) is 2.17. The molecule has 5 nitrogen and oxygen atoms in total. The quantitative estimate of drug-likeness (QED) is 0.844. The van der Waals surface area contributed by atoms with Gasteiger partial charge in [-0.2, -0.15) is 5.10 Å². The molecule has 0 aliphatic carbocycles. The molecule has 7 heteroatoms. The molecule has 1 aliphatic heterocycles. The Morgan fingerprint density at radius 1 is 1.37 bits per heavy atom. The monoisotopic (exact) mass is 267 g/mol. The summed E-state index contributed by atoms with van der Waals surface area (Å²) in [5, 5.41) is 3.97. The van der Waals surface area contributed by atoms with Crippen molar-refractivity contribution in [1.82, 2.24) is 14.8 Å². The van der Waals surface area contributed by atoms with Gasteiger partial charge in [0.25, 0.3) is 0 Å². The van der Waals surface area contributed by atoms with Gasteiger partial charge in [0.1, 0.15) is 36.7 Å². The molecule has 1 saturated heterocycles. The Hall–Kier alpha value is -1.86. The minimum atomic E-state index is -1.01. The van der Waals surface area contributed by atoms with E-state index in [1.807, 2.05) is 0 Å². The summed E-state index contributed by atoms with van der Waals surface area (Å²) in [5.41, 5.74) is -0.757. The zero-order valence-electron chi connectivity index (χ0n) is 9.92. The third-order valence-electron chi connectivity index (χ3n) is 3.06. The third kappa shape index (κ3) is 2.22. The van der Waals surface area contributed by atoms with E-state index in [0.29, 0.717) is 0 Å². The van der Waals surface area contributed by atoms with Crippen LogP contribution in [0.15, 0.2) is 30.9 Å². The lowest BCUT2D eigenvalue weighted by molar-refractivity contribution is -0.0260. The van der Waals surface area contributed by atoms with Crippen LogP contribution in [0, 0.1) is 11.6 Å². The summed E-state index contributed by atoms with van der Waals surface area (Å²) in [6.45, 7) is 0.483. The largest absolute Gasteiger partial charge is 0.352 e. The molecular weight excluding hydrogens is 256 g/mol. The summed E-state index contributed by atoms with van der Waals surface area (Å²) < 4.78 is 39.2. The highest BCUT2D eigenvalue weighted by atomic mass is 19.1. The van der Waals surface area contributed by atoms with Crippen LogP contribution in [0.1, 0.15) is 5.56 Å². The predicted molar refractivity (Wildman–Crippen MR) is 60.0 cm³/mol. The van der Waals surface area contributed by atoms with E-state index >= 15 is 0 Å². The lowest BCUT2D eigenvalue weighted by Gasteiger charge is -2.27. The Morgan fingerprint density at radius 2 is 2.26 bits per heavy atom. The van der Waals surface area contributed by atoms with Gasteiger partial charge >= 0.3 is 0 Å². The van der Waals surface area contributed by atoms with Crippen LogP contribution >= 0.6 is 0 Å². The molecule has 1 fully saturated rings. The maximum Gasteiger partial charge on any atom is 0.148 e. The van der Waals surface area contributed by atoms with Gasteiger partial charge < -0.3 is 9.47 Å². The highest BCUT2D eigenvalue weighted by molar-refractivity contribution is 5.26. The van der Waals surface area contributed by atoms with E-state index in [2.05, 4.69) is 10.1 Å². The summed E-state index contributed by atoms with van der Waals surface area (Å²) >= 11 is 0. The molecule has 0 saturated carbocycles. The molecule has 1 unspecified atom stereocenters. The third-order valence-corrected chi connectivity index (χ3v) is 3.06. The molecule has 19 heavy (non-hydrogen) atoms. The molecule has 100 valence electrons. The number of hydrogen-bond donors (Lipinski definition) is 0. The van der Waals surface area contributed by atoms with E-state index in [9.17, 15) is 8.78 Å². The first-order valence-corrected chi connectivity index (χ1v) is 5.69. The maximum atomic E-state index is 14.0. The highest BCUT2D eigenvalue weighted by Crippen LogP contribution is 2.34. The predicted octanol–water partition coefficient (Wildman–Crippen LogP) is 1.46. The van der Waals surface area contributed by atoms with Crippen molar-refractivity contribution in [1.29, 1.82) is 0 Å². The number of benzene rings is 1. The molecule has 0 N–H and O–H groups in total. The Balaban J connectivity index is 2.00. The second kappa shape index (κ2) is 4.67. The number of rotatable bonds is 3. The van der Waals surface area contributed by atoms with Gasteiger partial charge in [-0.1, -0.05) is 6.07 Å². The number of halogens is 2. The summed E-state index contributed by atoms with van der Waals surface area (Å²) in [5.74, 6) is -1.29. The van der Waals surface area contributed by atoms with E-state index < -0.39 is 17.2 Å². The molecule has 0 radical (unpaired) electrons. The first-order chi connectivity index (χ1) is 9.20. The lowest BCUT2D eigenvalue weighted by atomic mass is 9.94. The first-order valence-electron chi connectivity index (χ1n) is 5.69. The fraction of sp³-hybridized carbons (Fsp3) is 0.333. The topological polar surface area (TPSA) is 49.2 Å². The van der Waals surface area contributed by atoms with Crippen LogP contribution in [-0.2, 0) is 21.6 Å². The van der Waals surface area contributed by atoms with Gasteiger partial charge in [0, 0.05) is 11.6 Å². The van der Waals surface area contributed by atoms with Crippen molar-refractivity contribution in [3.8, 4) is 0 Å². The molecule has 0 amide bonds. The number of hydrogen-bond acceptors (Lipinski definition) is 4. The van der Waals surface area contributed by atoms with Gasteiger partial charge in [-0.3, -0.25) is 0 Å². The molecule has 3 rings (SSSR count). The van der Waals surface area contributed by atoms with Crippen molar-refractivity contribution in [3.63, 3.8) is 0 Å². The van der Waals surface area contributed by atoms with Crippen LogP contribution in [0.5, 0.6) is 0 Å². The van der Waals surface area contributed by atoms with Crippen LogP contribution < -0.4 is 0 Å². The summed E-state index contributed by atoms with van der Waals surface area (Å²) in [4.78, 5) is 3.83. The van der Waals surface area contributed by atoms with Crippen molar-refractivity contribution in [2.45, 2.75) is 12.1 Å². The molecule has 1 aromatic heterocycles. The smallest absolute Gasteiger partial charge is 0.148 e. The van der Waals surface area contributed by atoms with Crippen molar-refractivity contribution in [3.05, 3.63) is 48.1 Å². The summed E-state index contributed by atoms with van der Waals surface area (Å²) in [6, 6.07) is 3.40. The second-order valence-electron chi connectivity index (χ2n) is 4.32. The molecule has 2 aromatic rings. The van der Waals surface area contributed by atoms with E-state index in [1.54, 1.807) is 0 Å². The van der Waals surface area contributed by atoms with Crippen molar-refractivity contribution < 1.29 is 18.3 Å². The van der Waals surface area contributed by atoms with Gasteiger partial charge in [0.2, 0.25) is 0 Å². The lowest BCUT2D eigenvalue weighted by Crippen LogP contribution is -2.35. The van der Waals surface area contributed by atoms with Gasteiger partial charge in [0.15, 0.2) is 0 Å². The minimum absolute atomic E-state index is 0.0610. The minimum Gasteiger partial charge on any atom is -0.352 e. The molecule has 1 atom stereocenters. The van der Waals surface area contributed by atoms with Crippen LogP contribution in [0.25, 0.3) is 0 Å². The molecule has 1 aromatic carbocycles. The SMILES string of the molecule is Fc1ccc(C2(Cn3cncn3)COCO2)c(F)c1. The van der Waals surface area contributed by atoms with Crippen LogP contribution in [0.3, 0.4) is 0 Å². The van der Waals surface area contributed by atoms with E-state index in [1.165, 1.54) is 29.5 Å². The molecule has 0 bridgehead atoms. The first kappa shape index (κ1) is 12.2. The van der Waals surface area contributed by atoms with E-state index in [0.717, 1.165) is 6.07 Å². The Bertz CT molecular complexity index is 568. The molecule has 0 spiro atoms. The Labute approximate surface area is 107 Å². The van der Waals surface area contributed by atoms with Crippen LogP contribution in [0.2, 0.25) is 0 Å². The summed E-state index contributed by atoms with van der Waals surface area (Å²) in [6.07, 6.45) is 2.88. The second-order valence-corrected chi connectivity index (χ2v) is 4.32. The van der Waals surface area contributed by atoms with E-state index in [-0.39, 0.29) is 25.5 Å². The average Bonchev–Trinajstić information content (AvgIpc) is 3.02. The fourth-order valence-electron chi connectivity index (χ4n) is 2.17. The number of ether oxygens (including phenoxy) is 2. The highest BCUT2D eigenvalue weighted by Gasteiger charge is 2.41. The molecule has 2 heterocycles. The van der Waals surface area contributed by atoms with Crippen molar-refractivity contribution in [2.24, 2.45) is 0 Å². The van der Waals surface area contributed by atoms with Gasteiger partial charge in [0.05, 0.1) is 13.2 Å². The Kier molecular flexibility index (Phi) is 3.00. The van der Waals surface area contributed by atoms with Crippen molar-refractivity contribution >= 4 is 0 Å². The summed E-state index contributed by atoms with van der Waals surface area (Å²) in [7, 11) is 0. The number of aromatic nitrogens is 3. The van der Waals surface area contributed by atoms with Crippen molar-refractivity contribution in [2.75, 3.05) is 13.4 Å². The Morgan fingerprint density at radius 3 is 2.89 bits per heavy atom. The zero-order chi connectivity index (χ0) is 13.3. The zero-order valence-corrected chi connectivity index (χ0v) is 9.92. The van der Waals surface area contributed by atoms with Gasteiger partial charge in [-0.15, -0.1) is 0 Å². The van der Waals surface area contributed by atoms with Gasteiger partial charge in [-0.25, -0.2) is 18.4 Å². The normalized spacial score (nSPS) is 22.8. The van der Waals surface area contributed by atoms with Gasteiger partial charge in [-0.05, 0) is 6.07 Å². The molecule has 1 aliphatic rings. The van der Waals surface area contributed by atoms with Crippen LogP contribution in [0.4, 0.5) is 8.78 Å². The van der Waals surface area contributed by atoms with Crippen LogP contribution in [-0.4, -0.2) is 28.2 Å². The number of nitrogens with zero attached hydrogens (tertiary/aromatic N) is 3. The molecular formula is C12H11F2N3O2.